The minimum atomic E-state index is -4.57. The maximum atomic E-state index is 15.7. The number of phenols is 1. The smallest absolute Gasteiger partial charge is 0.417 e. The van der Waals surface area contributed by atoms with Gasteiger partial charge in [0.25, 0.3) is 0 Å². The van der Waals surface area contributed by atoms with Crippen molar-refractivity contribution in [1.82, 2.24) is 5.32 Å². The maximum Gasteiger partial charge on any atom is 0.417 e. The van der Waals surface area contributed by atoms with Gasteiger partial charge < -0.3 is 19.9 Å². The number of fused-ring (bicyclic) bond motifs is 1. The van der Waals surface area contributed by atoms with Gasteiger partial charge in [-0.05, 0) is 77.4 Å². The predicted octanol–water partition coefficient (Wildman–Crippen LogP) is 6.68. The molecular formula is C29H29F4NO3. The van der Waals surface area contributed by atoms with E-state index in [1.807, 2.05) is 12.2 Å². The Bertz CT molecular complexity index is 1270. The Labute approximate surface area is 213 Å². The van der Waals surface area contributed by atoms with E-state index in [-0.39, 0.29) is 30.0 Å². The first-order valence-corrected chi connectivity index (χ1v) is 12.4. The van der Waals surface area contributed by atoms with Crippen molar-refractivity contribution < 1.29 is 32.1 Å². The molecule has 0 bridgehead atoms. The van der Waals surface area contributed by atoms with Crippen LogP contribution in [0.1, 0.15) is 53.5 Å². The SMILES string of the molecule is COc1ccc(C2=Cc3c(cc(O)cc3C3(O[C@]4(F)CCNC4)C=CC=CC3)CCC2)c(C(F)(F)F)c1. The number of alkyl halides is 4. The number of aromatic hydroxyl groups is 1. The van der Waals surface area contributed by atoms with Crippen LogP contribution in [0.2, 0.25) is 0 Å². The van der Waals surface area contributed by atoms with Crippen LogP contribution in [0, 0.1) is 0 Å². The molecule has 196 valence electrons. The number of hydrogen-bond acceptors (Lipinski definition) is 4. The van der Waals surface area contributed by atoms with E-state index >= 15 is 4.39 Å². The summed E-state index contributed by atoms with van der Waals surface area (Å²) in [5.41, 5.74) is 0.581. The minimum absolute atomic E-state index is 0.00871. The van der Waals surface area contributed by atoms with Gasteiger partial charge in [-0.1, -0.05) is 30.4 Å². The molecule has 4 nitrogen and oxygen atoms in total. The maximum absolute atomic E-state index is 15.7. The Morgan fingerprint density at radius 1 is 1.08 bits per heavy atom. The number of phenolic OH excluding ortho intramolecular Hbond substituents is 1. The number of aryl methyl sites for hydroxylation is 1. The summed E-state index contributed by atoms with van der Waals surface area (Å²) in [5, 5.41) is 13.6. The molecule has 0 saturated carbocycles. The molecule has 3 aliphatic rings. The second kappa shape index (κ2) is 9.65. The van der Waals surface area contributed by atoms with Crippen LogP contribution < -0.4 is 10.1 Å². The first kappa shape index (κ1) is 25.5. The van der Waals surface area contributed by atoms with Gasteiger partial charge in [0.05, 0.1) is 19.2 Å². The lowest BCUT2D eigenvalue weighted by atomic mass is 9.81. The number of methoxy groups -OCH3 is 1. The van der Waals surface area contributed by atoms with E-state index in [0.29, 0.717) is 48.9 Å². The number of benzene rings is 2. The number of allylic oxidation sites excluding steroid dienone is 3. The van der Waals surface area contributed by atoms with Crippen LogP contribution in [0.4, 0.5) is 17.6 Å². The zero-order valence-electron chi connectivity index (χ0n) is 20.5. The number of ether oxygens (including phenoxy) is 2. The molecule has 37 heavy (non-hydrogen) atoms. The van der Waals surface area contributed by atoms with Crippen molar-refractivity contribution in [1.29, 1.82) is 0 Å². The number of hydrogen-bond donors (Lipinski definition) is 2. The van der Waals surface area contributed by atoms with Crippen LogP contribution in [0.15, 0.2) is 54.6 Å². The van der Waals surface area contributed by atoms with Gasteiger partial charge in [-0.25, -0.2) is 4.39 Å². The van der Waals surface area contributed by atoms with E-state index in [0.717, 1.165) is 11.6 Å². The highest BCUT2D eigenvalue weighted by molar-refractivity contribution is 5.86. The van der Waals surface area contributed by atoms with Gasteiger partial charge in [0.15, 0.2) is 0 Å². The third kappa shape index (κ3) is 5.05. The van der Waals surface area contributed by atoms with Crippen molar-refractivity contribution in [2.75, 3.05) is 20.2 Å². The summed E-state index contributed by atoms with van der Waals surface area (Å²) in [5.74, 6) is -1.78. The Morgan fingerprint density at radius 3 is 2.59 bits per heavy atom. The van der Waals surface area contributed by atoms with Crippen molar-refractivity contribution in [3.63, 3.8) is 0 Å². The number of nitrogens with one attached hydrogen (secondary N) is 1. The summed E-state index contributed by atoms with van der Waals surface area (Å²) in [6.07, 6.45) is 6.48. The highest BCUT2D eigenvalue weighted by Gasteiger charge is 2.45. The third-order valence-electron chi connectivity index (χ3n) is 7.26. The van der Waals surface area contributed by atoms with Crippen molar-refractivity contribution in [2.24, 2.45) is 0 Å². The van der Waals surface area contributed by atoms with E-state index in [2.05, 4.69) is 5.32 Å². The molecule has 0 amide bonds. The number of halogens is 4. The summed E-state index contributed by atoms with van der Waals surface area (Å²) in [6, 6.07) is 7.16. The molecule has 2 N–H and O–H groups in total. The van der Waals surface area contributed by atoms with Gasteiger partial charge >= 0.3 is 6.18 Å². The fraction of sp³-hybridized carbons (Fsp3) is 0.379. The molecule has 1 saturated heterocycles. The molecule has 0 radical (unpaired) electrons. The summed E-state index contributed by atoms with van der Waals surface area (Å²) in [7, 11) is 1.33. The summed E-state index contributed by atoms with van der Waals surface area (Å²) in [6.45, 7) is 0.515. The van der Waals surface area contributed by atoms with E-state index in [1.54, 1.807) is 30.4 Å². The molecular weight excluding hydrogens is 486 g/mol. The minimum Gasteiger partial charge on any atom is -0.508 e. The molecule has 5 rings (SSSR count). The zero-order valence-corrected chi connectivity index (χ0v) is 20.5. The molecule has 2 aromatic carbocycles. The van der Waals surface area contributed by atoms with Gasteiger partial charge in [0, 0.05) is 19.4 Å². The molecule has 2 aliphatic carbocycles. The quantitative estimate of drug-likeness (QED) is 0.436. The molecule has 1 aliphatic heterocycles. The lowest BCUT2D eigenvalue weighted by molar-refractivity contribution is -0.199. The van der Waals surface area contributed by atoms with Crippen molar-refractivity contribution in [3.05, 3.63) is 82.5 Å². The average molecular weight is 516 g/mol. The Morgan fingerprint density at radius 2 is 1.92 bits per heavy atom. The monoisotopic (exact) mass is 515 g/mol. The van der Waals surface area contributed by atoms with Crippen molar-refractivity contribution >= 4 is 11.6 Å². The van der Waals surface area contributed by atoms with Gasteiger partial charge in [0.1, 0.15) is 17.1 Å². The topological polar surface area (TPSA) is 50.7 Å². The molecule has 8 heteroatoms. The van der Waals surface area contributed by atoms with Crippen molar-refractivity contribution in [3.8, 4) is 11.5 Å². The molecule has 2 aromatic rings. The third-order valence-corrected chi connectivity index (χ3v) is 7.26. The molecule has 1 unspecified atom stereocenters. The Balaban J connectivity index is 1.69. The van der Waals surface area contributed by atoms with Gasteiger partial charge in [-0.2, -0.15) is 13.2 Å². The first-order chi connectivity index (χ1) is 17.6. The zero-order chi connectivity index (χ0) is 26.3. The molecule has 1 fully saturated rings. The second-order valence-electron chi connectivity index (χ2n) is 9.79. The predicted molar refractivity (Wildman–Crippen MR) is 134 cm³/mol. The Hall–Kier alpha value is -3.10. The van der Waals surface area contributed by atoms with Crippen LogP contribution in [-0.2, 0) is 22.9 Å². The fourth-order valence-electron chi connectivity index (χ4n) is 5.50. The van der Waals surface area contributed by atoms with Crippen LogP contribution in [-0.4, -0.2) is 31.2 Å². The summed E-state index contributed by atoms with van der Waals surface area (Å²) in [4.78, 5) is 0. The highest BCUT2D eigenvalue weighted by Crippen LogP contribution is 2.47. The van der Waals surface area contributed by atoms with Gasteiger partial charge in [-0.15, -0.1) is 0 Å². The normalized spacial score (nSPS) is 25.5. The van der Waals surface area contributed by atoms with Crippen LogP contribution in [0.5, 0.6) is 11.5 Å². The van der Waals surface area contributed by atoms with Crippen molar-refractivity contribution in [2.45, 2.75) is 49.7 Å². The lowest BCUT2D eigenvalue weighted by Gasteiger charge is -2.38. The molecule has 0 aromatic heterocycles. The molecule has 1 heterocycles. The largest absolute Gasteiger partial charge is 0.508 e. The fourth-order valence-corrected chi connectivity index (χ4v) is 5.50. The van der Waals surface area contributed by atoms with Gasteiger partial charge in [0.2, 0.25) is 5.85 Å². The van der Waals surface area contributed by atoms with E-state index in [9.17, 15) is 18.3 Å². The molecule has 2 atom stereocenters. The summed E-state index contributed by atoms with van der Waals surface area (Å²) < 4.78 is 69.2. The van der Waals surface area contributed by atoms with E-state index in [1.165, 1.54) is 19.2 Å². The van der Waals surface area contributed by atoms with E-state index in [4.69, 9.17) is 9.47 Å². The number of rotatable bonds is 5. The highest BCUT2D eigenvalue weighted by atomic mass is 19.4. The Kier molecular flexibility index (Phi) is 6.66. The average Bonchev–Trinajstić information content (AvgIpc) is 3.17. The molecule has 0 spiro atoms. The van der Waals surface area contributed by atoms with Crippen LogP contribution in [0.3, 0.4) is 0 Å². The van der Waals surface area contributed by atoms with Gasteiger partial charge in [-0.3, -0.25) is 0 Å². The lowest BCUT2D eigenvalue weighted by Crippen LogP contribution is -2.41. The standard InChI is InChI=1S/C29H29F4NO3/c1-36-22-8-9-23(26(17-22)29(31,32)33)20-7-5-6-19-14-21(35)16-25(24(19)15-20)27(10-3-2-4-11-27)37-28(30)12-13-34-18-28/h2-4,8-10,14-17,34-35H,5-7,11-13,18H2,1H3/t27?,28-/m1/s1. The summed E-state index contributed by atoms with van der Waals surface area (Å²) >= 11 is 0. The van der Waals surface area contributed by atoms with Crippen LogP contribution in [0.25, 0.3) is 11.6 Å². The van der Waals surface area contributed by atoms with E-state index < -0.39 is 23.2 Å². The van der Waals surface area contributed by atoms with Crippen LogP contribution >= 0.6 is 0 Å². The first-order valence-electron chi connectivity index (χ1n) is 12.4. The second-order valence-corrected chi connectivity index (χ2v) is 9.79.